The molecule has 2 rings (SSSR count). The second-order valence-electron chi connectivity index (χ2n) is 3.55. The zero-order chi connectivity index (χ0) is 11.4. The van der Waals surface area contributed by atoms with Crippen LogP contribution in [0.15, 0.2) is 24.3 Å². The third-order valence-electron chi connectivity index (χ3n) is 2.45. The molecule has 1 aromatic heterocycles. The van der Waals surface area contributed by atoms with Crippen molar-refractivity contribution in [1.82, 2.24) is 10.2 Å². The summed E-state index contributed by atoms with van der Waals surface area (Å²) < 4.78 is 0. The zero-order valence-electron chi connectivity index (χ0n) is 9.31. The average molecular weight is 233 g/mol. The van der Waals surface area contributed by atoms with Crippen LogP contribution in [0.4, 0.5) is 0 Å². The van der Waals surface area contributed by atoms with Crippen LogP contribution in [0.5, 0.6) is 0 Å². The van der Waals surface area contributed by atoms with Crippen molar-refractivity contribution in [3.8, 4) is 10.6 Å². The highest BCUT2D eigenvalue weighted by Gasteiger charge is 2.08. The number of hydrogen-bond acceptors (Lipinski definition) is 4. The molecule has 2 N–H and O–H groups in total. The van der Waals surface area contributed by atoms with Crippen LogP contribution < -0.4 is 5.73 Å². The fourth-order valence-electron chi connectivity index (χ4n) is 1.62. The van der Waals surface area contributed by atoms with Gasteiger partial charge in [0.15, 0.2) is 0 Å². The number of rotatable bonds is 4. The van der Waals surface area contributed by atoms with Gasteiger partial charge in [-0.15, -0.1) is 10.2 Å². The third kappa shape index (κ3) is 2.28. The summed E-state index contributed by atoms with van der Waals surface area (Å²) in [5.41, 5.74) is 8.02. The molecule has 0 fully saturated rings. The van der Waals surface area contributed by atoms with Crippen LogP contribution in [0, 0.1) is 0 Å². The lowest BCUT2D eigenvalue weighted by atomic mass is 10.1. The fourth-order valence-corrected chi connectivity index (χ4v) is 2.54. The molecule has 0 atom stereocenters. The van der Waals surface area contributed by atoms with Crippen molar-refractivity contribution in [2.45, 2.75) is 19.8 Å². The topological polar surface area (TPSA) is 51.8 Å². The van der Waals surface area contributed by atoms with Crippen molar-refractivity contribution in [2.75, 3.05) is 6.54 Å². The minimum atomic E-state index is 0.629. The van der Waals surface area contributed by atoms with Crippen molar-refractivity contribution >= 4 is 11.3 Å². The van der Waals surface area contributed by atoms with Gasteiger partial charge in [0.2, 0.25) is 0 Å². The van der Waals surface area contributed by atoms with Crippen molar-refractivity contribution < 1.29 is 0 Å². The summed E-state index contributed by atoms with van der Waals surface area (Å²) in [7, 11) is 0. The van der Waals surface area contributed by atoms with E-state index in [9.17, 15) is 0 Å². The number of aromatic nitrogens is 2. The van der Waals surface area contributed by atoms with E-state index in [1.807, 2.05) is 6.07 Å². The standard InChI is InChI=1S/C12H15N3S/c1-2-9-5-3-4-6-10(9)12-15-14-11(16-12)7-8-13/h3-6H,2,7-8,13H2,1H3. The zero-order valence-corrected chi connectivity index (χ0v) is 10.1. The first kappa shape index (κ1) is 11.2. The average Bonchev–Trinajstić information content (AvgIpc) is 2.78. The monoisotopic (exact) mass is 233 g/mol. The SMILES string of the molecule is CCc1ccccc1-c1nnc(CCN)s1. The van der Waals surface area contributed by atoms with Crippen molar-refractivity contribution in [2.24, 2.45) is 5.73 Å². The van der Waals surface area contributed by atoms with Gasteiger partial charge in [-0.25, -0.2) is 0 Å². The first-order valence-electron chi connectivity index (χ1n) is 5.46. The molecule has 0 bridgehead atoms. The summed E-state index contributed by atoms with van der Waals surface area (Å²) in [4.78, 5) is 0. The van der Waals surface area contributed by atoms with Gasteiger partial charge in [-0.05, 0) is 18.5 Å². The molecular weight excluding hydrogens is 218 g/mol. The third-order valence-corrected chi connectivity index (χ3v) is 3.47. The molecule has 0 aliphatic rings. The molecule has 0 aliphatic heterocycles. The summed E-state index contributed by atoms with van der Waals surface area (Å²) in [5.74, 6) is 0. The molecule has 0 radical (unpaired) electrons. The van der Waals surface area contributed by atoms with E-state index in [2.05, 4.69) is 35.3 Å². The Morgan fingerprint density at radius 3 is 2.81 bits per heavy atom. The molecule has 1 heterocycles. The van der Waals surface area contributed by atoms with Gasteiger partial charge in [0.25, 0.3) is 0 Å². The number of nitrogens with two attached hydrogens (primary N) is 1. The molecule has 0 aliphatic carbocycles. The first-order chi connectivity index (χ1) is 7.85. The normalized spacial score (nSPS) is 10.6. The highest BCUT2D eigenvalue weighted by molar-refractivity contribution is 7.14. The van der Waals surface area contributed by atoms with E-state index in [-0.39, 0.29) is 0 Å². The van der Waals surface area contributed by atoms with Gasteiger partial charge in [-0.1, -0.05) is 42.5 Å². The molecule has 0 amide bonds. The fraction of sp³-hybridized carbons (Fsp3) is 0.333. The van der Waals surface area contributed by atoms with Crippen LogP contribution >= 0.6 is 11.3 Å². The van der Waals surface area contributed by atoms with E-state index in [0.717, 1.165) is 22.9 Å². The van der Waals surface area contributed by atoms with E-state index in [1.54, 1.807) is 11.3 Å². The quantitative estimate of drug-likeness (QED) is 0.881. The minimum absolute atomic E-state index is 0.629. The highest BCUT2D eigenvalue weighted by Crippen LogP contribution is 2.27. The van der Waals surface area contributed by atoms with Crippen LogP contribution in [0.2, 0.25) is 0 Å². The Labute approximate surface area is 99.3 Å². The molecule has 3 nitrogen and oxygen atoms in total. The van der Waals surface area contributed by atoms with E-state index in [4.69, 9.17) is 5.73 Å². The lowest BCUT2D eigenvalue weighted by Crippen LogP contribution is -2.01. The second kappa shape index (κ2) is 5.18. The largest absolute Gasteiger partial charge is 0.330 e. The smallest absolute Gasteiger partial charge is 0.148 e. The molecule has 4 heteroatoms. The van der Waals surface area contributed by atoms with Gasteiger partial charge in [0.1, 0.15) is 10.0 Å². The molecule has 0 unspecified atom stereocenters. The van der Waals surface area contributed by atoms with Crippen LogP contribution in [-0.4, -0.2) is 16.7 Å². The molecule has 84 valence electrons. The molecule has 16 heavy (non-hydrogen) atoms. The Morgan fingerprint density at radius 1 is 1.25 bits per heavy atom. The van der Waals surface area contributed by atoms with Gasteiger partial charge < -0.3 is 5.73 Å². The maximum absolute atomic E-state index is 5.50. The van der Waals surface area contributed by atoms with Crippen LogP contribution in [0.25, 0.3) is 10.6 Å². The van der Waals surface area contributed by atoms with E-state index in [1.165, 1.54) is 11.1 Å². The Hall–Kier alpha value is -1.26. The van der Waals surface area contributed by atoms with Crippen molar-refractivity contribution in [3.63, 3.8) is 0 Å². The minimum Gasteiger partial charge on any atom is -0.330 e. The molecule has 0 saturated carbocycles. The Kier molecular flexibility index (Phi) is 3.64. The maximum atomic E-state index is 5.50. The lowest BCUT2D eigenvalue weighted by Gasteiger charge is -2.02. The van der Waals surface area contributed by atoms with Gasteiger partial charge in [-0.2, -0.15) is 0 Å². The van der Waals surface area contributed by atoms with Gasteiger partial charge >= 0.3 is 0 Å². The predicted octanol–water partition coefficient (Wildman–Crippen LogP) is 2.27. The van der Waals surface area contributed by atoms with Crippen molar-refractivity contribution in [1.29, 1.82) is 0 Å². The van der Waals surface area contributed by atoms with E-state index in [0.29, 0.717) is 6.54 Å². The summed E-state index contributed by atoms with van der Waals surface area (Å²) >= 11 is 1.64. The highest BCUT2D eigenvalue weighted by atomic mass is 32.1. The number of aryl methyl sites for hydroxylation is 1. The Morgan fingerprint density at radius 2 is 2.06 bits per heavy atom. The second-order valence-corrected chi connectivity index (χ2v) is 4.61. The Balaban J connectivity index is 2.34. The molecule has 0 saturated heterocycles. The summed E-state index contributed by atoms with van der Waals surface area (Å²) in [5, 5.41) is 10.4. The summed E-state index contributed by atoms with van der Waals surface area (Å²) in [6.45, 7) is 2.78. The van der Waals surface area contributed by atoms with Gasteiger partial charge in [0.05, 0.1) is 0 Å². The number of nitrogens with zero attached hydrogens (tertiary/aromatic N) is 2. The van der Waals surface area contributed by atoms with E-state index < -0.39 is 0 Å². The lowest BCUT2D eigenvalue weighted by molar-refractivity contribution is 0.913. The predicted molar refractivity (Wildman–Crippen MR) is 67.5 cm³/mol. The van der Waals surface area contributed by atoms with Crippen LogP contribution in [0.3, 0.4) is 0 Å². The maximum Gasteiger partial charge on any atom is 0.148 e. The van der Waals surface area contributed by atoms with E-state index >= 15 is 0 Å². The van der Waals surface area contributed by atoms with Crippen LogP contribution in [0.1, 0.15) is 17.5 Å². The summed E-state index contributed by atoms with van der Waals surface area (Å²) in [6, 6.07) is 8.34. The van der Waals surface area contributed by atoms with Gasteiger partial charge in [0, 0.05) is 12.0 Å². The molecule has 1 aromatic carbocycles. The number of hydrogen-bond donors (Lipinski definition) is 1. The molecular formula is C12H15N3S. The first-order valence-corrected chi connectivity index (χ1v) is 6.27. The summed E-state index contributed by atoms with van der Waals surface area (Å²) in [6.07, 6.45) is 1.83. The van der Waals surface area contributed by atoms with Gasteiger partial charge in [-0.3, -0.25) is 0 Å². The van der Waals surface area contributed by atoms with Crippen LogP contribution in [-0.2, 0) is 12.8 Å². The Bertz CT molecular complexity index is 465. The number of benzene rings is 1. The molecule has 0 spiro atoms. The molecule has 2 aromatic rings. The van der Waals surface area contributed by atoms with Crippen molar-refractivity contribution in [3.05, 3.63) is 34.8 Å².